The van der Waals surface area contributed by atoms with Crippen molar-refractivity contribution in [1.29, 1.82) is 5.26 Å². The van der Waals surface area contributed by atoms with Crippen molar-refractivity contribution in [3.63, 3.8) is 0 Å². The lowest BCUT2D eigenvalue weighted by molar-refractivity contribution is -0.136. The molecule has 0 saturated heterocycles. The zero-order valence-electron chi connectivity index (χ0n) is 20.9. The molecule has 1 atom stereocenters. The van der Waals surface area contributed by atoms with Gasteiger partial charge in [0.05, 0.1) is 19.1 Å². The summed E-state index contributed by atoms with van der Waals surface area (Å²) in [7, 11) is 0. The molecule has 0 aromatic heterocycles. The first kappa shape index (κ1) is 25.5. The van der Waals surface area contributed by atoms with Crippen molar-refractivity contribution in [3.8, 4) is 34.8 Å². The highest BCUT2D eigenvalue weighted by molar-refractivity contribution is 5.74. The van der Waals surface area contributed by atoms with Crippen molar-refractivity contribution < 1.29 is 28.5 Å². The van der Waals surface area contributed by atoms with Crippen molar-refractivity contribution >= 4 is 5.97 Å². The van der Waals surface area contributed by atoms with Crippen LogP contribution in [0.3, 0.4) is 0 Å². The summed E-state index contributed by atoms with van der Waals surface area (Å²) in [6.45, 7) is 6.45. The van der Waals surface area contributed by atoms with Gasteiger partial charge in [0.25, 0.3) is 0 Å². The van der Waals surface area contributed by atoms with Crippen LogP contribution >= 0.6 is 0 Å². The van der Waals surface area contributed by atoms with Crippen LogP contribution in [0.1, 0.15) is 36.5 Å². The van der Waals surface area contributed by atoms with Gasteiger partial charge in [0.15, 0.2) is 18.1 Å². The molecule has 1 aliphatic heterocycles. The van der Waals surface area contributed by atoms with E-state index in [2.05, 4.69) is 6.07 Å². The van der Waals surface area contributed by atoms with Crippen molar-refractivity contribution in [3.05, 3.63) is 88.8 Å². The predicted octanol–water partition coefficient (Wildman–Crippen LogP) is 5.00. The van der Waals surface area contributed by atoms with Gasteiger partial charge in [-0.2, -0.15) is 5.26 Å². The smallest absolute Gasteiger partial charge is 0.349 e. The normalized spacial score (nSPS) is 14.2. The number of nitriles is 1. The van der Waals surface area contributed by atoms with Gasteiger partial charge in [-0.3, -0.25) is 0 Å². The van der Waals surface area contributed by atoms with Gasteiger partial charge in [-0.15, -0.1) is 0 Å². The molecule has 0 aliphatic carbocycles. The van der Waals surface area contributed by atoms with E-state index in [1.807, 2.05) is 51.1 Å². The van der Waals surface area contributed by atoms with Crippen molar-refractivity contribution in [2.24, 2.45) is 5.73 Å². The van der Waals surface area contributed by atoms with E-state index in [1.165, 1.54) is 0 Å². The third-order valence-corrected chi connectivity index (χ3v) is 5.70. The van der Waals surface area contributed by atoms with E-state index < -0.39 is 11.9 Å². The number of allylic oxidation sites excluding steroid dienone is 1. The number of esters is 1. The molecular weight excluding hydrogens is 472 g/mol. The van der Waals surface area contributed by atoms with Gasteiger partial charge in [0.2, 0.25) is 5.88 Å². The Kier molecular flexibility index (Phi) is 7.84. The first-order valence-corrected chi connectivity index (χ1v) is 11.9. The maximum Gasteiger partial charge on any atom is 0.349 e. The second-order valence-corrected chi connectivity index (χ2v) is 8.27. The highest BCUT2D eigenvalue weighted by Gasteiger charge is 2.31. The summed E-state index contributed by atoms with van der Waals surface area (Å²) in [6, 6.07) is 20.0. The lowest BCUT2D eigenvalue weighted by Crippen LogP contribution is -2.22. The van der Waals surface area contributed by atoms with E-state index in [4.69, 9.17) is 29.4 Å². The Morgan fingerprint density at radius 3 is 2.35 bits per heavy atom. The van der Waals surface area contributed by atoms with E-state index >= 15 is 0 Å². The number of aryl methyl sites for hydroxylation is 1. The Hall–Kier alpha value is -4.64. The highest BCUT2D eigenvalue weighted by Crippen LogP contribution is 2.45. The molecule has 37 heavy (non-hydrogen) atoms. The first-order valence-electron chi connectivity index (χ1n) is 11.9. The molecule has 190 valence electrons. The summed E-state index contributed by atoms with van der Waals surface area (Å²) < 4.78 is 28.1. The van der Waals surface area contributed by atoms with Crippen LogP contribution in [0, 0.1) is 18.3 Å². The summed E-state index contributed by atoms with van der Waals surface area (Å²) >= 11 is 0. The van der Waals surface area contributed by atoms with Gasteiger partial charge >= 0.3 is 5.97 Å². The quantitative estimate of drug-likeness (QED) is 0.323. The summed E-state index contributed by atoms with van der Waals surface area (Å²) in [5.74, 6) is 1.33. The molecule has 0 amide bonds. The van der Waals surface area contributed by atoms with E-state index in [0.717, 1.165) is 11.1 Å². The number of ether oxygens (including phenoxy) is 5. The van der Waals surface area contributed by atoms with Gasteiger partial charge in [-0.1, -0.05) is 29.8 Å². The van der Waals surface area contributed by atoms with Crippen molar-refractivity contribution in [1.82, 2.24) is 0 Å². The molecule has 0 bridgehead atoms. The highest BCUT2D eigenvalue weighted by atomic mass is 16.6. The molecule has 0 saturated carbocycles. The number of nitrogens with zero attached hydrogens (tertiary/aromatic N) is 1. The lowest BCUT2D eigenvalue weighted by atomic mass is 9.83. The van der Waals surface area contributed by atoms with Gasteiger partial charge in [-0.05, 0) is 56.7 Å². The molecule has 4 rings (SSSR count). The number of hydrogen-bond donors (Lipinski definition) is 1. The van der Waals surface area contributed by atoms with Gasteiger partial charge in [0.1, 0.15) is 28.9 Å². The van der Waals surface area contributed by atoms with Gasteiger partial charge in [-0.25, -0.2) is 4.79 Å². The largest absolute Gasteiger partial charge is 0.490 e. The molecule has 1 aliphatic rings. The van der Waals surface area contributed by atoms with E-state index in [0.29, 0.717) is 41.8 Å². The number of fused-ring (bicyclic) bond motifs is 1. The molecule has 3 aromatic rings. The monoisotopic (exact) mass is 500 g/mol. The summed E-state index contributed by atoms with van der Waals surface area (Å²) in [5.41, 5.74) is 8.98. The fourth-order valence-corrected chi connectivity index (χ4v) is 4.03. The molecule has 1 heterocycles. The second kappa shape index (κ2) is 11.4. The topological polar surface area (TPSA) is 113 Å². The number of hydrogen-bond acceptors (Lipinski definition) is 8. The standard InChI is InChI=1S/C29H28N2O6/c1-4-33-24-13-8-19(14-26(24)34-5-2)28-22-12-11-21(15-25(22)37-29(31)23(28)16-30)36-27(32)17-35-20-9-6-18(3)7-10-20/h6-15,28H,4-5,17,31H2,1-3H3. The number of rotatable bonds is 9. The molecule has 0 fully saturated rings. The fraction of sp³-hybridized carbons (Fsp3) is 0.241. The zero-order chi connectivity index (χ0) is 26.4. The Balaban J connectivity index is 1.58. The van der Waals surface area contributed by atoms with Crippen LogP contribution in [0.2, 0.25) is 0 Å². The minimum absolute atomic E-state index is 0.0157. The molecule has 0 radical (unpaired) electrons. The third kappa shape index (κ3) is 5.78. The maximum absolute atomic E-state index is 12.4. The van der Waals surface area contributed by atoms with Crippen molar-refractivity contribution in [2.45, 2.75) is 26.7 Å². The number of carbonyl (C=O) groups excluding carboxylic acids is 1. The van der Waals surface area contributed by atoms with Crippen LogP contribution in [0.4, 0.5) is 0 Å². The minimum atomic E-state index is -0.568. The average molecular weight is 501 g/mol. The van der Waals surface area contributed by atoms with Crippen LogP contribution in [0.25, 0.3) is 0 Å². The van der Waals surface area contributed by atoms with Gasteiger partial charge in [0, 0.05) is 11.6 Å². The number of carbonyl (C=O) groups is 1. The van der Waals surface area contributed by atoms with Crippen LogP contribution in [0.15, 0.2) is 72.1 Å². The SMILES string of the molecule is CCOc1ccc(C2C(C#N)=C(N)Oc3cc(OC(=O)COc4ccc(C)cc4)ccc32)cc1OCC. The first-order chi connectivity index (χ1) is 17.9. The molecule has 8 nitrogen and oxygen atoms in total. The molecular formula is C29H28N2O6. The zero-order valence-corrected chi connectivity index (χ0v) is 20.9. The van der Waals surface area contributed by atoms with Gasteiger partial charge < -0.3 is 29.4 Å². The molecule has 3 aromatic carbocycles. The number of nitrogens with two attached hydrogens (primary N) is 1. The lowest BCUT2D eigenvalue weighted by Gasteiger charge is -2.27. The summed E-state index contributed by atoms with van der Waals surface area (Å²) in [6.07, 6.45) is 0. The Morgan fingerprint density at radius 2 is 1.65 bits per heavy atom. The van der Waals surface area contributed by atoms with E-state index in [-0.39, 0.29) is 23.8 Å². The second-order valence-electron chi connectivity index (χ2n) is 8.27. The predicted molar refractivity (Wildman–Crippen MR) is 137 cm³/mol. The van der Waals surface area contributed by atoms with Crippen molar-refractivity contribution in [2.75, 3.05) is 19.8 Å². The maximum atomic E-state index is 12.4. The van der Waals surface area contributed by atoms with Crippen LogP contribution < -0.4 is 29.4 Å². The van der Waals surface area contributed by atoms with E-state index in [1.54, 1.807) is 30.3 Å². The Morgan fingerprint density at radius 1 is 0.946 bits per heavy atom. The minimum Gasteiger partial charge on any atom is -0.490 e. The summed E-state index contributed by atoms with van der Waals surface area (Å²) in [5, 5.41) is 9.86. The average Bonchev–Trinajstić information content (AvgIpc) is 2.89. The van der Waals surface area contributed by atoms with Crippen LogP contribution in [-0.2, 0) is 4.79 Å². The molecule has 8 heteroatoms. The third-order valence-electron chi connectivity index (χ3n) is 5.70. The Labute approximate surface area is 215 Å². The van der Waals surface area contributed by atoms with Crippen LogP contribution in [-0.4, -0.2) is 25.8 Å². The van der Waals surface area contributed by atoms with Crippen LogP contribution in [0.5, 0.6) is 28.7 Å². The summed E-state index contributed by atoms with van der Waals surface area (Å²) in [4.78, 5) is 12.4. The Bertz CT molecular complexity index is 1360. The molecule has 1 unspecified atom stereocenters. The fourth-order valence-electron chi connectivity index (χ4n) is 4.03. The van der Waals surface area contributed by atoms with E-state index in [9.17, 15) is 10.1 Å². The number of benzene rings is 3. The molecule has 0 spiro atoms. The molecule has 2 N–H and O–H groups in total.